The highest BCUT2D eigenvalue weighted by molar-refractivity contribution is 5.94. The van der Waals surface area contributed by atoms with Gasteiger partial charge in [0.2, 0.25) is 23.6 Å². The van der Waals surface area contributed by atoms with Gasteiger partial charge in [-0.25, -0.2) is 0 Å². The van der Waals surface area contributed by atoms with Crippen LogP contribution in [0.2, 0.25) is 0 Å². The zero-order valence-electron chi connectivity index (χ0n) is 19.7. The van der Waals surface area contributed by atoms with Crippen LogP contribution in [0.15, 0.2) is 30.3 Å². The van der Waals surface area contributed by atoms with E-state index in [0.29, 0.717) is 6.29 Å². The highest BCUT2D eigenvalue weighted by atomic mass is 16.4. The minimum atomic E-state index is -1.26. The van der Waals surface area contributed by atoms with Crippen molar-refractivity contribution in [3.63, 3.8) is 0 Å². The number of hydrogen-bond acceptors (Lipinski definition) is 6. The van der Waals surface area contributed by atoms with Crippen LogP contribution in [0.5, 0.6) is 0 Å². The summed E-state index contributed by atoms with van der Waals surface area (Å²) in [5.41, 5.74) is 0.818. The summed E-state index contributed by atoms with van der Waals surface area (Å²) < 4.78 is 0. The predicted molar refractivity (Wildman–Crippen MR) is 122 cm³/mol. The molecule has 4 atom stereocenters. The van der Waals surface area contributed by atoms with E-state index in [1.807, 2.05) is 18.2 Å². The molecule has 0 aromatic heterocycles. The summed E-state index contributed by atoms with van der Waals surface area (Å²) in [6.07, 6.45) is -0.0761. The molecule has 0 unspecified atom stereocenters. The second-order valence-corrected chi connectivity index (χ2v) is 8.25. The van der Waals surface area contributed by atoms with Crippen LogP contribution in [0.1, 0.15) is 39.7 Å². The molecule has 1 rings (SSSR count). The van der Waals surface area contributed by atoms with Gasteiger partial charge in [-0.1, -0.05) is 44.2 Å². The molecule has 11 nitrogen and oxygen atoms in total. The number of carbonyl (C=O) groups is 6. The van der Waals surface area contributed by atoms with Crippen molar-refractivity contribution < 1.29 is 33.9 Å². The molecule has 4 amide bonds. The highest BCUT2D eigenvalue weighted by Crippen LogP contribution is 2.07. The van der Waals surface area contributed by atoms with Crippen molar-refractivity contribution in [3.05, 3.63) is 35.9 Å². The quantitative estimate of drug-likeness (QED) is 0.240. The van der Waals surface area contributed by atoms with Crippen molar-refractivity contribution in [1.29, 1.82) is 0 Å². The van der Waals surface area contributed by atoms with Gasteiger partial charge in [-0.15, -0.1) is 0 Å². The Kier molecular flexibility index (Phi) is 11.4. The SMILES string of the molecule is CC(=O)N[C@@H](Cc1ccccc1)C(=O)N[C@H](C(=O)N[C@@H](C)C(=O)N[C@H](C=O)CC(=O)O)C(C)C. The summed E-state index contributed by atoms with van der Waals surface area (Å²) in [6, 6.07) is 4.79. The second kappa shape index (κ2) is 13.7. The third-order valence-electron chi connectivity index (χ3n) is 4.86. The van der Waals surface area contributed by atoms with Crippen LogP contribution < -0.4 is 21.3 Å². The molecular formula is C23H32N4O7. The number of amides is 4. The number of nitrogens with one attached hydrogen (secondary N) is 4. The standard InChI is InChI=1S/C23H32N4O7/c1-13(2)20(23(34)24-14(3)21(32)26-17(12-28)11-19(30)31)27-22(33)18(25-15(4)29)10-16-8-6-5-7-9-16/h5-9,12-14,17-18,20H,10-11H2,1-4H3,(H,24,34)(H,25,29)(H,26,32)(H,27,33)(H,30,31)/t14-,17-,18-,20-/m0/s1. The van der Waals surface area contributed by atoms with E-state index in [-0.39, 0.29) is 12.3 Å². The average Bonchev–Trinajstić information content (AvgIpc) is 2.75. The smallest absolute Gasteiger partial charge is 0.305 e. The molecule has 0 heterocycles. The van der Waals surface area contributed by atoms with E-state index in [2.05, 4.69) is 21.3 Å². The van der Waals surface area contributed by atoms with Gasteiger partial charge in [0.15, 0.2) is 0 Å². The summed E-state index contributed by atoms with van der Waals surface area (Å²) in [6.45, 7) is 6.06. The van der Waals surface area contributed by atoms with E-state index in [4.69, 9.17) is 5.11 Å². The number of carboxylic acid groups (broad SMARTS) is 1. The maximum atomic E-state index is 12.9. The Labute approximate surface area is 198 Å². The second-order valence-electron chi connectivity index (χ2n) is 8.25. The van der Waals surface area contributed by atoms with Gasteiger partial charge in [0.1, 0.15) is 24.4 Å². The number of aliphatic carboxylic acids is 1. The largest absolute Gasteiger partial charge is 0.481 e. The van der Waals surface area contributed by atoms with E-state index in [9.17, 15) is 28.8 Å². The summed E-state index contributed by atoms with van der Waals surface area (Å²) in [4.78, 5) is 71.4. The van der Waals surface area contributed by atoms with Crippen molar-refractivity contribution in [2.45, 2.75) is 64.7 Å². The molecule has 0 aliphatic carbocycles. The molecular weight excluding hydrogens is 444 g/mol. The lowest BCUT2D eigenvalue weighted by atomic mass is 10.0. The number of benzene rings is 1. The minimum Gasteiger partial charge on any atom is -0.481 e. The fraction of sp³-hybridized carbons (Fsp3) is 0.478. The van der Waals surface area contributed by atoms with Crippen LogP contribution in [-0.2, 0) is 35.2 Å². The van der Waals surface area contributed by atoms with Crippen LogP contribution in [0, 0.1) is 5.92 Å². The number of aldehydes is 1. The van der Waals surface area contributed by atoms with Crippen molar-refractivity contribution in [2.24, 2.45) is 5.92 Å². The highest BCUT2D eigenvalue weighted by Gasteiger charge is 2.30. The first kappa shape index (κ1) is 28.3. The Bertz CT molecular complexity index is 889. The van der Waals surface area contributed by atoms with Crippen LogP contribution in [0.3, 0.4) is 0 Å². The molecule has 0 radical (unpaired) electrons. The molecule has 0 bridgehead atoms. The fourth-order valence-electron chi connectivity index (χ4n) is 3.09. The van der Waals surface area contributed by atoms with Crippen LogP contribution >= 0.6 is 0 Å². The maximum absolute atomic E-state index is 12.9. The van der Waals surface area contributed by atoms with Gasteiger partial charge >= 0.3 is 5.97 Å². The first-order valence-electron chi connectivity index (χ1n) is 10.8. The van der Waals surface area contributed by atoms with Gasteiger partial charge in [-0.3, -0.25) is 24.0 Å². The monoisotopic (exact) mass is 476 g/mol. The molecule has 1 aromatic rings. The summed E-state index contributed by atoms with van der Waals surface area (Å²) >= 11 is 0. The van der Waals surface area contributed by atoms with Gasteiger partial charge in [0, 0.05) is 13.3 Å². The first-order valence-corrected chi connectivity index (χ1v) is 10.8. The molecule has 0 fully saturated rings. The van der Waals surface area contributed by atoms with Gasteiger partial charge < -0.3 is 31.2 Å². The number of hydrogen-bond donors (Lipinski definition) is 5. The van der Waals surface area contributed by atoms with Crippen molar-refractivity contribution >= 4 is 35.9 Å². The number of carbonyl (C=O) groups excluding carboxylic acids is 5. The topological polar surface area (TPSA) is 171 Å². The zero-order valence-corrected chi connectivity index (χ0v) is 19.7. The molecule has 0 aliphatic heterocycles. The molecule has 11 heteroatoms. The number of rotatable bonds is 13. The predicted octanol–water partition coefficient (Wildman–Crippen LogP) is -0.462. The van der Waals surface area contributed by atoms with Gasteiger partial charge in [0.05, 0.1) is 12.5 Å². The summed E-state index contributed by atoms with van der Waals surface area (Å²) in [7, 11) is 0. The van der Waals surface area contributed by atoms with E-state index in [0.717, 1.165) is 5.56 Å². The van der Waals surface area contributed by atoms with Crippen LogP contribution in [0.25, 0.3) is 0 Å². The molecule has 34 heavy (non-hydrogen) atoms. The summed E-state index contributed by atoms with van der Waals surface area (Å²) in [5.74, 6) is -3.98. The van der Waals surface area contributed by atoms with Gasteiger partial charge in [-0.2, -0.15) is 0 Å². The van der Waals surface area contributed by atoms with Crippen molar-refractivity contribution in [3.8, 4) is 0 Å². The van der Waals surface area contributed by atoms with Crippen LogP contribution in [0.4, 0.5) is 0 Å². The van der Waals surface area contributed by atoms with Gasteiger partial charge in [-0.05, 0) is 18.4 Å². The lowest BCUT2D eigenvalue weighted by molar-refractivity contribution is -0.139. The lowest BCUT2D eigenvalue weighted by Crippen LogP contribution is -2.58. The number of carboxylic acids is 1. The molecule has 1 aromatic carbocycles. The van der Waals surface area contributed by atoms with E-state index < -0.39 is 60.2 Å². The Balaban J connectivity index is 2.86. The fourth-order valence-corrected chi connectivity index (χ4v) is 3.09. The average molecular weight is 477 g/mol. The zero-order chi connectivity index (χ0) is 25.8. The third-order valence-corrected chi connectivity index (χ3v) is 4.86. The van der Waals surface area contributed by atoms with E-state index in [1.54, 1.807) is 26.0 Å². The molecule has 0 spiro atoms. The van der Waals surface area contributed by atoms with E-state index >= 15 is 0 Å². The third kappa shape index (κ3) is 9.80. The van der Waals surface area contributed by atoms with Gasteiger partial charge in [0.25, 0.3) is 0 Å². The molecule has 0 saturated heterocycles. The molecule has 0 saturated carbocycles. The molecule has 186 valence electrons. The molecule has 5 N–H and O–H groups in total. The normalized spacial score (nSPS) is 14.1. The maximum Gasteiger partial charge on any atom is 0.305 e. The van der Waals surface area contributed by atoms with E-state index in [1.165, 1.54) is 13.8 Å². The Hall–Kier alpha value is -3.76. The minimum absolute atomic E-state index is 0.216. The van der Waals surface area contributed by atoms with Crippen molar-refractivity contribution in [1.82, 2.24) is 21.3 Å². The summed E-state index contributed by atoms with van der Waals surface area (Å²) in [5, 5.41) is 18.7. The lowest BCUT2D eigenvalue weighted by Gasteiger charge is -2.26. The Morgan fingerprint density at radius 2 is 1.50 bits per heavy atom. The van der Waals surface area contributed by atoms with Crippen LogP contribution in [-0.4, -0.2) is 65.2 Å². The Morgan fingerprint density at radius 3 is 2.00 bits per heavy atom. The molecule has 0 aliphatic rings. The Morgan fingerprint density at radius 1 is 0.882 bits per heavy atom. The first-order chi connectivity index (χ1) is 15.9. The van der Waals surface area contributed by atoms with Crippen molar-refractivity contribution in [2.75, 3.05) is 0 Å².